The van der Waals surface area contributed by atoms with E-state index in [1.54, 1.807) is 13.8 Å². The highest BCUT2D eigenvalue weighted by Gasteiger charge is 2.40. The standard InChI is InChI=1S/C41H70N12O15/c1-5-20(2)32(52-38(64)28-10-8-18-53(28)40(66)25(12-15-30(45)56)49-33(59)21(3)43)39(65)46-22(4)34(60)47-24(11-14-29(44)55)36(62)48-23(9-6-7-17-42)35(61)51-27(19-54)37(63)50-26(41(67)68)13-16-31(57)58/h20-28,32,54H,5-19,42-43H2,1-4H3,(H2,44,55)(H2,45,56)(H,46,65)(H,47,60)(H,48,62)(H,49,59)(H,50,63)(H,51,61)(H,52,64)(H,57,58)(H,67,68)/t20-,21-,22-,23-,24-,25-,26-,27-,28-,32-/m0/s1. The van der Waals surface area contributed by atoms with Crippen LogP contribution >= 0.6 is 0 Å². The number of nitrogens with two attached hydrogens (primary N) is 4. The first-order valence-electron chi connectivity index (χ1n) is 22.4. The minimum Gasteiger partial charge on any atom is -0.481 e. The number of hydrogen-bond donors (Lipinski definition) is 14. The zero-order chi connectivity index (χ0) is 51.8. The largest absolute Gasteiger partial charge is 0.481 e. The molecule has 1 aliphatic rings. The lowest BCUT2D eigenvalue weighted by molar-refractivity contribution is -0.144. The van der Waals surface area contributed by atoms with E-state index in [1.165, 1.54) is 18.7 Å². The summed E-state index contributed by atoms with van der Waals surface area (Å²) >= 11 is 0. The van der Waals surface area contributed by atoms with Gasteiger partial charge in [-0.05, 0) is 77.7 Å². The second-order valence-electron chi connectivity index (χ2n) is 16.6. The van der Waals surface area contributed by atoms with Gasteiger partial charge in [0.25, 0.3) is 0 Å². The average molecular weight is 971 g/mol. The molecule has 1 heterocycles. The highest BCUT2D eigenvalue weighted by molar-refractivity contribution is 5.98. The summed E-state index contributed by atoms with van der Waals surface area (Å²) in [5.41, 5.74) is 21.9. The third kappa shape index (κ3) is 20.6. The van der Waals surface area contributed by atoms with Gasteiger partial charge in [-0.2, -0.15) is 0 Å². The molecule has 0 spiro atoms. The second-order valence-corrected chi connectivity index (χ2v) is 16.6. The van der Waals surface area contributed by atoms with Crippen molar-refractivity contribution in [1.82, 2.24) is 42.1 Å². The van der Waals surface area contributed by atoms with Crippen LogP contribution in [0.5, 0.6) is 0 Å². The number of aliphatic hydroxyl groups excluding tert-OH is 1. The minimum absolute atomic E-state index is 0.0939. The van der Waals surface area contributed by atoms with Gasteiger partial charge in [-0.3, -0.25) is 52.7 Å². The predicted octanol–water partition coefficient (Wildman–Crippen LogP) is -5.61. The molecule has 0 aromatic rings. The van der Waals surface area contributed by atoms with Crippen molar-refractivity contribution in [3.8, 4) is 0 Å². The van der Waals surface area contributed by atoms with E-state index in [4.69, 9.17) is 28.0 Å². The fraction of sp³-hybridized carbons (Fsp3) is 0.707. The number of nitrogens with one attached hydrogen (secondary N) is 7. The average Bonchev–Trinajstić information content (AvgIpc) is 3.77. The van der Waals surface area contributed by atoms with E-state index in [0.29, 0.717) is 19.3 Å². The van der Waals surface area contributed by atoms with E-state index in [2.05, 4.69) is 37.2 Å². The lowest BCUT2D eigenvalue weighted by Crippen LogP contribution is -2.60. The van der Waals surface area contributed by atoms with Gasteiger partial charge in [0.05, 0.1) is 12.6 Å². The molecule has 0 radical (unpaired) electrons. The number of hydrogen-bond acceptors (Lipinski definition) is 15. The number of nitrogens with zero attached hydrogens (tertiary/aromatic N) is 1. The molecule has 10 atom stereocenters. The summed E-state index contributed by atoms with van der Waals surface area (Å²) in [6, 6.07) is -12.4. The smallest absolute Gasteiger partial charge is 0.326 e. The highest BCUT2D eigenvalue weighted by Crippen LogP contribution is 2.21. The number of aliphatic hydroxyl groups is 1. The third-order valence-electron chi connectivity index (χ3n) is 11.1. The lowest BCUT2D eigenvalue weighted by Gasteiger charge is -2.31. The molecule has 27 nitrogen and oxygen atoms in total. The number of likely N-dealkylation sites (tertiary alicyclic amines) is 1. The first-order valence-corrected chi connectivity index (χ1v) is 22.4. The number of carboxylic acids is 2. The Morgan fingerprint density at radius 2 is 1.12 bits per heavy atom. The first-order chi connectivity index (χ1) is 31.9. The van der Waals surface area contributed by atoms with Crippen molar-refractivity contribution in [1.29, 1.82) is 0 Å². The van der Waals surface area contributed by atoms with Crippen LogP contribution in [0.3, 0.4) is 0 Å². The van der Waals surface area contributed by atoms with Crippen molar-refractivity contribution < 1.29 is 72.9 Å². The molecule has 0 unspecified atom stereocenters. The van der Waals surface area contributed by atoms with Gasteiger partial charge in [0.2, 0.25) is 59.1 Å². The number of aliphatic carboxylic acids is 2. The number of carbonyl (C=O) groups is 12. The van der Waals surface area contributed by atoms with Crippen LogP contribution in [0.4, 0.5) is 0 Å². The van der Waals surface area contributed by atoms with Crippen molar-refractivity contribution in [2.24, 2.45) is 28.9 Å². The molecule has 1 aliphatic heterocycles. The Hall–Kier alpha value is -6.48. The van der Waals surface area contributed by atoms with Crippen molar-refractivity contribution in [2.75, 3.05) is 19.7 Å². The van der Waals surface area contributed by atoms with E-state index in [-0.39, 0.29) is 51.6 Å². The molecule has 10 amide bonds. The van der Waals surface area contributed by atoms with E-state index in [0.717, 1.165) is 0 Å². The molecule has 0 aromatic heterocycles. The van der Waals surface area contributed by atoms with Crippen LogP contribution in [0, 0.1) is 5.92 Å². The Bertz CT molecular complexity index is 1820. The fourth-order valence-electron chi connectivity index (χ4n) is 6.82. The van der Waals surface area contributed by atoms with Gasteiger partial charge in [0.15, 0.2) is 0 Å². The molecule has 18 N–H and O–H groups in total. The number of carbonyl (C=O) groups excluding carboxylic acids is 10. The summed E-state index contributed by atoms with van der Waals surface area (Å²) in [6.07, 6.45) is -0.898. The highest BCUT2D eigenvalue weighted by atomic mass is 16.4. The second kappa shape index (κ2) is 30.0. The molecule has 1 fully saturated rings. The van der Waals surface area contributed by atoms with Gasteiger partial charge < -0.3 is 80.4 Å². The van der Waals surface area contributed by atoms with Crippen molar-refractivity contribution >= 4 is 71.0 Å². The Kier molecular flexibility index (Phi) is 26.3. The molecule has 1 saturated heterocycles. The summed E-state index contributed by atoms with van der Waals surface area (Å²) in [6.45, 7) is 5.34. The van der Waals surface area contributed by atoms with Crippen molar-refractivity contribution in [2.45, 2.75) is 159 Å². The van der Waals surface area contributed by atoms with Gasteiger partial charge in [-0.15, -0.1) is 0 Å². The lowest BCUT2D eigenvalue weighted by atomic mass is 9.97. The quantitative estimate of drug-likeness (QED) is 0.0280. The van der Waals surface area contributed by atoms with E-state index >= 15 is 0 Å². The SMILES string of the molecule is CC[C@H](C)[C@H](NC(=O)[C@@H]1CCCN1C(=O)[C@H](CCC(N)=O)NC(=O)[C@H](C)N)C(=O)N[C@@H](C)C(=O)N[C@@H](CCC(N)=O)C(=O)N[C@@H](CCCCN)C(=O)N[C@@H](CO)C(=O)N[C@@H](CCC(=O)O)C(=O)O. The monoisotopic (exact) mass is 971 g/mol. The molecular weight excluding hydrogens is 901 g/mol. The normalized spacial score (nSPS) is 17.2. The molecule has 0 bridgehead atoms. The summed E-state index contributed by atoms with van der Waals surface area (Å²) in [7, 11) is 0. The van der Waals surface area contributed by atoms with Gasteiger partial charge in [0.1, 0.15) is 48.3 Å². The summed E-state index contributed by atoms with van der Waals surface area (Å²) < 4.78 is 0. The van der Waals surface area contributed by atoms with E-state index in [9.17, 15) is 67.7 Å². The summed E-state index contributed by atoms with van der Waals surface area (Å²) in [5.74, 6) is -12.0. The van der Waals surface area contributed by atoms with Crippen LogP contribution < -0.4 is 60.2 Å². The van der Waals surface area contributed by atoms with Crippen LogP contribution in [0.1, 0.15) is 105 Å². The maximum atomic E-state index is 13.8. The topological polar surface area (TPSA) is 457 Å². The Morgan fingerprint density at radius 3 is 1.63 bits per heavy atom. The van der Waals surface area contributed by atoms with Crippen LogP contribution in [0.25, 0.3) is 0 Å². The molecule has 0 aromatic carbocycles. The number of amides is 10. The molecule has 27 heteroatoms. The van der Waals surface area contributed by atoms with Crippen LogP contribution in [-0.2, 0) is 57.5 Å². The zero-order valence-corrected chi connectivity index (χ0v) is 38.9. The van der Waals surface area contributed by atoms with Crippen LogP contribution in [0.2, 0.25) is 0 Å². The molecule has 384 valence electrons. The summed E-state index contributed by atoms with van der Waals surface area (Å²) in [4.78, 5) is 154. The molecular formula is C41H70N12O15. The third-order valence-corrected chi connectivity index (χ3v) is 11.1. The summed E-state index contributed by atoms with van der Waals surface area (Å²) in [5, 5.41) is 45.0. The maximum absolute atomic E-state index is 13.8. The predicted molar refractivity (Wildman–Crippen MR) is 238 cm³/mol. The van der Waals surface area contributed by atoms with E-state index < -0.39 is 157 Å². The van der Waals surface area contributed by atoms with Crippen molar-refractivity contribution in [3.63, 3.8) is 0 Å². The van der Waals surface area contributed by atoms with Crippen molar-refractivity contribution in [3.05, 3.63) is 0 Å². The molecule has 0 saturated carbocycles. The fourth-order valence-corrected chi connectivity index (χ4v) is 6.82. The first kappa shape index (κ1) is 59.5. The Balaban J connectivity index is 3.25. The minimum atomic E-state index is -1.76. The van der Waals surface area contributed by atoms with Crippen LogP contribution in [0.15, 0.2) is 0 Å². The molecule has 68 heavy (non-hydrogen) atoms. The molecule has 0 aliphatic carbocycles. The van der Waals surface area contributed by atoms with Gasteiger partial charge >= 0.3 is 11.9 Å². The Morgan fingerprint density at radius 1 is 0.618 bits per heavy atom. The van der Waals surface area contributed by atoms with Crippen LogP contribution in [-0.4, -0.2) is 165 Å². The number of carboxylic acid groups (broad SMARTS) is 2. The van der Waals surface area contributed by atoms with Gasteiger partial charge in [-0.1, -0.05) is 20.3 Å². The maximum Gasteiger partial charge on any atom is 0.326 e. The van der Waals surface area contributed by atoms with E-state index in [1.807, 2.05) is 0 Å². The van der Waals surface area contributed by atoms with Gasteiger partial charge in [-0.25, -0.2) is 4.79 Å². The molecule has 1 rings (SSSR count). The number of rotatable bonds is 32. The number of unbranched alkanes of at least 4 members (excludes halogenated alkanes) is 1. The van der Waals surface area contributed by atoms with Gasteiger partial charge in [0, 0.05) is 25.8 Å². The zero-order valence-electron chi connectivity index (χ0n) is 38.9. The number of primary amides is 2. The Labute approximate surface area is 393 Å².